The van der Waals surface area contributed by atoms with Gasteiger partial charge in [0, 0.05) is 35.7 Å². The zero-order chi connectivity index (χ0) is 24.9. The fourth-order valence-electron chi connectivity index (χ4n) is 5.60. The number of aromatic nitrogens is 1. The number of hydrogen-bond acceptors (Lipinski definition) is 4. The Morgan fingerprint density at radius 3 is 2.42 bits per heavy atom. The number of nitrogens with zero attached hydrogens (tertiary/aromatic N) is 2. The van der Waals surface area contributed by atoms with E-state index in [-0.39, 0.29) is 12.1 Å². The van der Waals surface area contributed by atoms with Crippen LogP contribution in [0.2, 0.25) is 0 Å². The number of aliphatic hydroxyl groups is 2. The fourth-order valence-corrected chi connectivity index (χ4v) is 5.60. The van der Waals surface area contributed by atoms with Crippen LogP contribution in [0.25, 0.3) is 22.2 Å². The summed E-state index contributed by atoms with van der Waals surface area (Å²) < 4.78 is 7.57. The number of benzene rings is 3. The third-order valence-corrected chi connectivity index (χ3v) is 7.43. The molecule has 0 aliphatic heterocycles. The first kappa shape index (κ1) is 24.6. The predicted octanol–water partition coefficient (Wildman–Crippen LogP) is 5.48. The van der Waals surface area contributed by atoms with Crippen molar-refractivity contribution in [3.05, 3.63) is 90.5 Å². The first-order valence-electron chi connectivity index (χ1n) is 13.0. The van der Waals surface area contributed by atoms with Gasteiger partial charge in [-0.05, 0) is 60.4 Å². The minimum atomic E-state index is -0.587. The standard InChI is InChI=1S/C31H36N2O3/c1-36-27-17-15-24(16-18-27)30-19-25-11-5-6-12-28(25)33(30)22-26(34)21-32(20-23-9-3-2-4-10-23)29-13-7-8-14-31(29)35/h2-6,9-12,15-19,26,29,31,34-35H,7-8,13-14,20-22H2,1H3/t26-,29-,31+/m1/s1. The van der Waals surface area contributed by atoms with E-state index in [1.165, 1.54) is 5.56 Å². The summed E-state index contributed by atoms with van der Waals surface area (Å²) in [6, 6.07) is 29.0. The molecule has 3 aromatic carbocycles. The van der Waals surface area contributed by atoms with Gasteiger partial charge in [-0.1, -0.05) is 61.4 Å². The minimum Gasteiger partial charge on any atom is -0.497 e. The van der Waals surface area contributed by atoms with Crippen molar-refractivity contribution >= 4 is 10.9 Å². The van der Waals surface area contributed by atoms with Gasteiger partial charge in [0.25, 0.3) is 0 Å². The number of ether oxygens (including phenoxy) is 1. The van der Waals surface area contributed by atoms with E-state index < -0.39 is 6.10 Å². The molecule has 0 amide bonds. The maximum atomic E-state index is 11.4. The van der Waals surface area contributed by atoms with Crippen molar-refractivity contribution < 1.29 is 14.9 Å². The third-order valence-electron chi connectivity index (χ3n) is 7.43. The molecule has 0 spiro atoms. The van der Waals surface area contributed by atoms with Crippen LogP contribution in [0.5, 0.6) is 5.75 Å². The van der Waals surface area contributed by atoms with Crippen LogP contribution in [0.4, 0.5) is 0 Å². The molecule has 0 saturated heterocycles. The average Bonchev–Trinajstić information content (AvgIpc) is 3.27. The molecule has 1 heterocycles. The molecule has 1 aliphatic rings. The number of aliphatic hydroxyl groups excluding tert-OH is 2. The summed E-state index contributed by atoms with van der Waals surface area (Å²) in [5.74, 6) is 0.823. The van der Waals surface area contributed by atoms with Crippen molar-refractivity contribution in [2.45, 2.75) is 57.0 Å². The molecule has 5 heteroatoms. The van der Waals surface area contributed by atoms with E-state index in [9.17, 15) is 10.2 Å². The molecule has 2 N–H and O–H groups in total. The molecular weight excluding hydrogens is 448 g/mol. The average molecular weight is 485 g/mol. The van der Waals surface area contributed by atoms with Crippen molar-refractivity contribution in [3.63, 3.8) is 0 Å². The van der Waals surface area contributed by atoms with Crippen LogP contribution in [0.1, 0.15) is 31.2 Å². The van der Waals surface area contributed by atoms with Crippen LogP contribution in [-0.2, 0) is 13.1 Å². The molecule has 1 fully saturated rings. The smallest absolute Gasteiger partial charge is 0.118 e. The van der Waals surface area contributed by atoms with Crippen molar-refractivity contribution in [1.82, 2.24) is 9.47 Å². The Hall–Kier alpha value is -3.12. The number of rotatable bonds is 9. The van der Waals surface area contributed by atoms with E-state index in [0.29, 0.717) is 13.1 Å². The lowest BCUT2D eigenvalue weighted by Crippen LogP contribution is -2.48. The molecule has 188 valence electrons. The highest BCUT2D eigenvalue weighted by Gasteiger charge is 2.30. The molecule has 1 saturated carbocycles. The second kappa shape index (κ2) is 11.3. The third kappa shape index (κ3) is 5.49. The Balaban J connectivity index is 1.42. The zero-order valence-electron chi connectivity index (χ0n) is 21.0. The van der Waals surface area contributed by atoms with Gasteiger partial charge in [-0.25, -0.2) is 0 Å². The SMILES string of the molecule is COc1ccc(-c2cc3ccccc3n2C[C@H](O)CN(Cc2ccccc2)[C@@H]2CCCC[C@@H]2O)cc1. The lowest BCUT2D eigenvalue weighted by atomic mass is 9.90. The second-order valence-corrected chi connectivity index (χ2v) is 9.92. The number of fused-ring (bicyclic) bond motifs is 1. The number of hydrogen-bond donors (Lipinski definition) is 2. The van der Waals surface area contributed by atoms with E-state index >= 15 is 0 Å². The first-order valence-corrected chi connectivity index (χ1v) is 13.0. The summed E-state index contributed by atoms with van der Waals surface area (Å²) >= 11 is 0. The second-order valence-electron chi connectivity index (χ2n) is 9.92. The number of methoxy groups -OCH3 is 1. The number of para-hydroxylation sites is 1. The summed E-state index contributed by atoms with van der Waals surface area (Å²) in [7, 11) is 1.67. The van der Waals surface area contributed by atoms with E-state index in [2.05, 4.69) is 51.9 Å². The topological polar surface area (TPSA) is 57.9 Å². The van der Waals surface area contributed by atoms with Crippen molar-refractivity contribution in [1.29, 1.82) is 0 Å². The van der Waals surface area contributed by atoms with E-state index in [0.717, 1.165) is 60.1 Å². The monoisotopic (exact) mass is 484 g/mol. The van der Waals surface area contributed by atoms with Gasteiger partial charge in [0.2, 0.25) is 0 Å². The van der Waals surface area contributed by atoms with Gasteiger partial charge in [-0.15, -0.1) is 0 Å². The Morgan fingerprint density at radius 1 is 0.944 bits per heavy atom. The summed E-state index contributed by atoms with van der Waals surface area (Å²) in [4.78, 5) is 2.29. The van der Waals surface area contributed by atoms with Crippen LogP contribution < -0.4 is 4.74 Å². The molecule has 0 unspecified atom stereocenters. The quantitative estimate of drug-likeness (QED) is 0.330. The van der Waals surface area contributed by atoms with Gasteiger partial charge in [-0.3, -0.25) is 4.90 Å². The van der Waals surface area contributed by atoms with Gasteiger partial charge in [0.1, 0.15) is 5.75 Å². The maximum Gasteiger partial charge on any atom is 0.118 e. The van der Waals surface area contributed by atoms with Crippen LogP contribution in [0, 0.1) is 0 Å². The normalized spacial score (nSPS) is 19.0. The summed E-state index contributed by atoms with van der Waals surface area (Å²) in [5, 5.41) is 23.4. The Kier molecular flexibility index (Phi) is 7.71. The van der Waals surface area contributed by atoms with E-state index in [1.54, 1.807) is 7.11 Å². The van der Waals surface area contributed by atoms with Crippen molar-refractivity contribution in [2.75, 3.05) is 13.7 Å². The molecular formula is C31H36N2O3. The molecule has 1 aromatic heterocycles. The molecule has 4 aromatic rings. The molecule has 3 atom stereocenters. The van der Waals surface area contributed by atoms with E-state index in [1.807, 2.05) is 42.5 Å². The van der Waals surface area contributed by atoms with Crippen molar-refractivity contribution in [3.8, 4) is 17.0 Å². The van der Waals surface area contributed by atoms with Gasteiger partial charge >= 0.3 is 0 Å². The first-order chi connectivity index (χ1) is 17.6. The van der Waals surface area contributed by atoms with Crippen LogP contribution in [0.15, 0.2) is 84.9 Å². The minimum absolute atomic E-state index is 0.0658. The summed E-state index contributed by atoms with van der Waals surface area (Å²) in [5.41, 5.74) is 4.47. The lowest BCUT2D eigenvalue weighted by Gasteiger charge is -2.39. The molecule has 5 rings (SSSR count). The Morgan fingerprint density at radius 2 is 1.67 bits per heavy atom. The van der Waals surface area contributed by atoms with Crippen molar-refractivity contribution in [2.24, 2.45) is 0 Å². The Bertz CT molecular complexity index is 1250. The van der Waals surface area contributed by atoms with Gasteiger partial charge in [-0.2, -0.15) is 0 Å². The molecule has 0 radical (unpaired) electrons. The highest BCUT2D eigenvalue weighted by molar-refractivity contribution is 5.87. The van der Waals surface area contributed by atoms with Crippen LogP contribution >= 0.6 is 0 Å². The van der Waals surface area contributed by atoms with E-state index in [4.69, 9.17) is 4.74 Å². The summed E-state index contributed by atoms with van der Waals surface area (Å²) in [6.07, 6.45) is 3.04. The molecule has 5 nitrogen and oxygen atoms in total. The molecule has 0 bridgehead atoms. The van der Waals surface area contributed by atoms with Crippen LogP contribution in [0.3, 0.4) is 0 Å². The lowest BCUT2D eigenvalue weighted by molar-refractivity contribution is -0.00868. The molecule has 36 heavy (non-hydrogen) atoms. The van der Waals surface area contributed by atoms with Gasteiger partial charge in [0.15, 0.2) is 0 Å². The maximum absolute atomic E-state index is 11.4. The van der Waals surface area contributed by atoms with Gasteiger partial charge in [0.05, 0.1) is 25.9 Å². The van der Waals surface area contributed by atoms with Crippen LogP contribution in [-0.4, -0.2) is 51.6 Å². The highest BCUT2D eigenvalue weighted by Crippen LogP contribution is 2.30. The zero-order valence-corrected chi connectivity index (χ0v) is 21.0. The largest absolute Gasteiger partial charge is 0.497 e. The molecule has 1 aliphatic carbocycles. The van der Waals surface area contributed by atoms with Gasteiger partial charge < -0.3 is 19.5 Å². The highest BCUT2D eigenvalue weighted by atomic mass is 16.5. The summed E-state index contributed by atoms with van der Waals surface area (Å²) in [6.45, 7) is 1.70. The fraction of sp³-hybridized carbons (Fsp3) is 0.355. The Labute approximate surface area is 213 Å². The predicted molar refractivity (Wildman–Crippen MR) is 145 cm³/mol.